The topological polar surface area (TPSA) is 62.3 Å². The summed E-state index contributed by atoms with van der Waals surface area (Å²) in [5.74, 6) is 0.831. The van der Waals surface area contributed by atoms with E-state index in [1.165, 1.54) is 0 Å². The van der Waals surface area contributed by atoms with Gasteiger partial charge in [-0.15, -0.1) is 0 Å². The highest BCUT2D eigenvalue weighted by Crippen LogP contribution is 2.32. The summed E-state index contributed by atoms with van der Waals surface area (Å²) in [7, 11) is 1.65. The quantitative estimate of drug-likeness (QED) is 0.564. The largest absolute Gasteiger partial charge is 0.497 e. The molecule has 2 saturated heterocycles. The number of anilines is 1. The molecule has 7 nitrogen and oxygen atoms in total. The van der Waals surface area contributed by atoms with Crippen LogP contribution in [0.2, 0.25) is 0 Å². The zero-order valence-corrected chi connectivity index (χ0v) is 21.0. The standard InChI is InChI=1S/C26H41N3O4/c1-6-21(17-24-12-11-19(3)28(24)26(31)33-7-2)27-15-13-22(14-16-27)29(20(4)30)23-9-8-10-25(18-23)32-5/h8-10,18-19,21-22,24H,6-7,11-17H2,1-5H3. The highest BCUT2D eigenvalue weighted by molar-refractivity contribution is 5.92. The summed E-state index contributed by atoms with van der Waals surface area (Å²) < 4.78 is 10.7. The number of hydrogen-bond acceptors (Lipinski definition) is 5. The van der Waals surface area contributed by atoms with Gasteiger partial charge in [0, 0.05) is 55.9 Å². The Morgan fingerprint density at radius 2 is 1.88 bits per heavy atom. The van der Waals surface area contributed by atoms with Crippen LogP contribution in [0.25, 0.3) is 0 Å². The second-order valence-corrected chi connectivity index (χ2v) is 9.34. The second kappa shape index (κ2) is 11.7. The lowest BCUT2D eigenvalue weighted by Crippen LogP contribution is -2.51. The van der Waals surface area contributed by atoms with Crippen molar-refractivity contribution in [2.24, 2.45) is 0 Å². The predicted octanol–water partition coefficient (Wildman–Crippen LogP) is 4.69. The Hall–Kier alpha value is -2.28. The third-order valence-corrected chi connectivity index (χ3v) is 7.33. The number of carbonyl (C=O) groups is 2. The summed E-state index contributed by atoms with van der Waals surface area (Å²) >= 11 is 0. The number of piperidine rings is 1. The summed E-state index contributed by atoms with van der Waals surface area (Å²) in [4.78, 5) is 31.5. The first kappa shape index (κ1) is 25.3. The van der Waals surface area contributed by atoms with Crippen LogP contribution in [0.5, 0.6) is 5.75 Å². The lowest BCUT2D eigenvalue weighted by Gasteiger charge is -2.42. The molecule has 2 amide bonds. The number of amides is 2. The molecule has 0 spiro atoms. The molecular weight excluding hydrogens is 418 g/mol. The fourth-order valence-electron chi connectivity index (χ4n) is 5.64. The number of nitrogens with zero attached hydrogens (tertiary/aromatic N) is 3. The molecule has 0 radical (unpaired) electrons. The van der Waals surface area contributed by atoms with Crippen LogP contribution in [-0.4, -0.2) is 72.8 Å². The molecule has 0 bridgehead atoms. The minimum absolute atomic E-state index is 0.0683. The smallest absolute Gasteiger partial charge is 0.410 e. The maximum absolute atomic E-state index is 12.6. The van der Waals surface area contributed by atoms with E-state index in [0.29, 0.717) is 12.6 Å². The summed E-state index contributed by atoms with van der Waals surface area (Å²) in [6.45, 7) is 10.2. The van der Waals surface area contributed by atoms with E-state index in [0.717, 1.165) is 63.1 Å². The minimum atomic E-state index is -0.170. The van der Waals surface area contributed by atoms with Crippen LogP contribution in [0, 0.1) is 0 Å². The van der Waals surface area contributed by atoms with Gasteiger partial charge in [-0.2, -0.15) is 0 Å². The molecule has 2 fully saturated rings. The molecule has 2 aliphatic rings. The van der Waals surface area contributed by atoms with Gasteiger partial charge >= 0.3 is 6.09 Å². The second-order valence-electron chi connectivity index (χ2n) is 9.34. The van der Waals surface area contributed by atoms with Crippen LogP contribution in [0.3, 0.4) is 0 Å². The van der Waals surface area contributed by atoms with Crippen molar-refractivity contribution in [3.63, 3.8) is 0 Å². The molecule has 1 aromatic rings. The van der Waals surface area contributed by atoms with Crippen molar-refractivity contribution in [2.45, 2.75) is 90.4 Å². The van der Waals surface area contributed by atoms with Crippen molar-refractivity contribution < 1.29 is 19.1 Å². The minimum Gasteiger partial charge on any atom is -0.497 e. The van der Waals surface area contributed by atoms with E-state index in [1.807, 2.05) is 41.0 Å². The third kappa shape index (κ3) is 5.99. The first-order chi connectivity index (χ1) is 15.9. The lowest BCUT2D eigenvalue weighted by molar-refractivity contribution is -0.117. The van der Waals surface area contributed by atoms with Crippen molar-refractivity contribution in [3.05, 3.63) is 24.3 Å². The average molecular weight is 460 g/mol. The SMILES string of the molecule is CCOC(=O)N1C(C)CCC1CC(CC)N1CCC(N(C(C)=O)c2cccc(OC)c2)CC1. The molecule has 0 aliphatic carbocycles. The van der Waals surface area contributed by atoms with Crippen molar-refractivity contribution in [3.8, 4) is 5.75 Å². The normalized spacial score (nSPS) is 22.8. The molecule has 2 aliphatic heterocycles. The van der Waals surface area contributed by atoms with Crippen LogP contribution >= 0.6 is 0 Å². The Morgan fingerprint density at radius 3 is 2.48 bits per heavy atom. The third-order valence-electron chi connectivity index (χ3n) is 7.33. The number of hydrogen-bond donors (Lipinski definition) is 0. The van der Waals surface area contributed by atoms with Gasteiger partial charge in [0.1, 0.15) is 5.75 Å². The molecule has 2 heterocycles. The number of carbonyl (C=O) groups excluding carboxylic acids is 2. The number of benzene rings is 1. The first-order valence-corrected chi connectivity index (χ1v) is 12.5. The van der Waals surface area contributed by atoms with Gasteiger partial charge in [0.15, 0.2) is 0 Å². The highest BCUT2D eigenvalue weighted by atomic mass is 16.6. The molecule has 0 aromatic heterocycles. The van der Waals surface area contributed by atoms with Crippen LogP contribution in [0.15, 0.2) is 24.3 Å². The monoisotopic (exact) mass is 459 g/mol. The van der Waals surface area contributed by atoms with E-state index >= 15 is 0 Å². The van der Waals surface area contributed by atoms with Gasteiger partial charge in [-0.25, -0.2) is 4.79 Å². The van der Waals surface area contributed by atoms with E-state index in [9.17, 15) is 9.59 Å². The molecule has 7 heteroatoms. The fourth-order valence-corrected chi connectivity index (χ4v) is 5.64. The zero-order valence-electron chi connectivity index (χ0n) is 21.0. The van der Waals surface area contributed by atoms with Crippen LogP contribution in [0.1, 0.15) is 66.2 Å². The van der Waals surface area contributed by atoms with Crippen molar-refractivity contribution in [1.29, 1.82) is 0 Å². The maximum atomic E-state index is 12.6. The zero-order chi connectivity index (χ0) is 24.0. The molecule has 33 heavy (non-hydrogen) atoms. The molecule has 3 rings (SSSR count). The predicted molar refractivity (Wildman–Crippen MR) is 131 cm³/mol. The average Bonchev–Trinajstić information content (AvgIpc) is 3.18. The van der Waals surface area contributed by atoms with Crippen LogP contribution in [-0.2, 0) is 9.53 Å². The molecule has 0 N–H and O–H groups in total. The van der Waals surface area contributed by atoms with E-state index in [4.69, 9.17) is 9.47 Å². The van der Waals surface area contributed by atoms with Gasteiger partial charge in [-0.1, -0.05) is 13.0 Å². The Morgan fingerprint density at radius 1 is 1.15 bits per heavy atom. The summed E-state index contributed by atoms with van der Waals surface area (Å²) in [6, 6.07) is 8.86. The van der Waals surface area contributed by atoms with Crippen molar-refractivity contribution in [1.82, 2.24) is 9.80 Å². The fraction of sp³-hybridized carbons (Fsp3) is 0.692. The summed E-state index contributed by atoms with van der Waals surface area (Å²) in [5, 5.41) is 0. The molecular formula is C26H41N3O4. The number of methoxy groups -OCH3 is 1. The van der Waals surface area contributed by atoms with E-state index in [2.05, 4.69) is 18.7 Å². The lowest BCUT2D eigenvalue weighted by atomic mass is 9.96. The Labute approximate surface area is 199 Å². The number of likely N-dealkylation sites (tertiary alicyclic amines) is 2. The Bertz CT molecular complexity index is 793. The van der Waals surface area contributed by atoms with Gasteiger partial charge in [0.2, 0.25) is 5.91 Å². The molecule has 1 aromatic carbocycles. The Kier molecular flexibility index (Phi) is 9.01. The first-order valence-electron chi connectivity index (χ1n) is 12.5. The number of rotatable bonds is 8. The van der Waals surface area contributed by atoms with Crippen molar-refractivity contribution >= 4 is 17.7 Å². The highest BCUT2D eigenvalue weighted by Gasteiger charge is 2.38. The van der Waals surface area contributed by atoms with Gasteiger partial charge in [-0.3, -0.25) is 4.79 Å². The van der Waals surface area contributed by atoms with E-state index in [1.54, 1.807) is 14.0 Å². The molecule has 0 saturated carbocycles. The summed E-state index contributed by atoms with van der Waals surface area (Å²) in [6.07, 6.45) is 5.83. The van der Waals surface area contributed by atoms with E-state index in [-0.39, 0.29) is 30.1 Å². The van der Waals surface area contributed by atoms with Crippen molar-refractivity contribution in [2.75, 3.05) is 31.7 Å². The van der Waals surface area contributed by atoms with Gasteiger partial charge in [-0.05, 0) is 64.5 Å². The molecule has 184 valence electrons. The summed E-state index contributed by atoms with van der Waals surface area (Å²) in [5.41, 5.74) is 0.900. The van der Waals surface area contributed by atoms with Gasteiger partial charge < -0.3 is 24.2 Å². The van der Waals surface area contributed by atoms with Gasteiger partial charge in [0.25, 0.3) is 0 Å². The molecule has 3 unspecified atom stereocenters. The van der Waals surface area contributed by atoms with Gasteiger partial charge in [0.05, 0.1) is 13.7 Å². The van der Waals surface area contributed by atoms with Crippen LogP contribution < -0.4 is 9.64 Å². The maximum Gasteiger partial charge on any atom is 0.410 e. The molecule has 3 atom stereocenters. The van der Waals surface area contributed by atoms with Crippen LogP contribution in [0.4, 0.5) is 10.5 Å². The number of ether oxygens (including phenoxy) is 2. The Balaban J connectivity index is 1.63. The van der Waals surface area contributed by atoms with E-state index < -0.39 is 0 Å².